The van der Waals surface area contributed by atoms with E-state index in [1.807, 2.05) is 79.0 Å². The number of halogens is 1. The van der Waals surface area contributed by atoms with Gasteiger partial charge in [0.1, 0.15) is 11.9 Å². The molecule has 1 N–H and O–H groups in total. The molecule has 178 valence electrons. The molecule has 0 bridgehead atoms. The lowest BCUT2D eigenvalue weighted by molar-refractivity contribution is -0.141. The standard InChI is InChI=1S/C29H27FN2O2S/c1-21-9-11-23(12-10-21)20-32(27(33)18-26-8-5-17-35-26)28(24-13-15-25(30)16-14-24)29(34)31-19-22-6-3-2-4-7-22/h2-17,28H,18-20H2,1H3,(H,31,34)/t28-/m0/s1. The van der Waals surface area contributed by atoms with E-state index in [0.717, 1.165) is 21.6 Å². The lowest BCUT2D eigenvalue weighted by Crippen LogP contribution is -2.43. The number of carbonyl (C=O) groups excluding carboxylic acids is 2. The fourth-order valence-electron chi connectivity index (χ4n) is 3.88. The Morgan fingerprint density at radius 1 is 0.886 bits per heavy atom. The minimum absolute atomic E-state index is 0.169. The number of hydrogen-bond acceptors (Lipinski definition) is 3. The summed E-state index contributed by atoms with van der Waals surface area (Å²) < 4.78 is 13.7. The Balaban J connectivity index is 1.68. The van der Waals surface area contributed by atoms with Gasteiger partial charge in [0.15, 0.2) is 0 Å². The molecule has 4 rings (SSSR count). The smallest absolute Gasteiger partial charge is 0.247 e. The molecular weight excluding hydrogens is 459 g/mol. The molecule has 0 aliphatic rings. The fraction of sp³-hybridized carbons (Fsp3) is 0.172. The van der Waals surface area contributed by atoms with Crippen molar-refractivity contribution in [3.8, 4) is 0 Å². The van der Waals surface area contributed by atoms with Crippen LogP contribution in [0.4, 0.5) is 4.39 Å². The van der Waals surface area contributed by atoms with Crippen molar-refractivity contribution in [1.29, 1.82) is 0 Å². The van der Waals surface area contributed by atoms with E-state index in [0.29, 0.717) is 12.1 Å². The molecule has 35 heavy (non-hydrogen) atoms. The molecule has 0 spiro atoms. The van der Waals surface area contributed by atoms with Crippen LogP contribution >= 0.6 is 11.3 Å². The third-order valence-corrected chi connectivity index (χ3v) is 6.63. The molecule has 6 heteroatoms. The van der Waals surface area contributed by atoms with Gasteiger partial charge in [-0.15, -0.1) is 11.3 Å². The summed E-state index contributed by atoms with van der Waals surface area (Å²) in [6.07, 6.45) is 0.188. The largest absolute Gasteiger partial charge is 0.350 e. The Bertz CT molecular complexity index is 1240. The number of thiophene rings is 1. The Morgan fingerprint density at radius 3 is 2.26 bits per heavy atom. The number of nitrogens with one attached hydrogen (secondary N) is 1. The van der Waals surface area contributed by atoms with Crippen molar-refractivity contribution in [3.63, 3.8) is 0 Å². The number of aryl methyl sites for hydroxylation is 1. The van der Waals surface area contributed by atoms with Crippen molar-refractivity contribution in [3.05, 3.63) is 129 Å². The van der Waals surface area contributed by atoms with Gasteiger partial charge in [0, 0.05) is 18.0 Å². The van der Waals surface area contributed by atoms with Crippen LogP contribution in [0.15, 0.2) is 96.4 Å². The molecule has 4 aromatic rings. The highest BCUT2D eigenvalue weighted by Crippen LogP contribution is 2.26. The normalized spacial score (nSPS) is 11.6. The summed E-state index contributed by atoms with van der Waals surface area (Å²) in [6, 6.07) is 26.2. The molecule has 1 atom stereocenters. The first-order valence-corrected chi connectivity index (χ1v) is 12.3. The summed E-state index contributed by atoms with van der Waals surface area (Å²) in [5.74, 6) is -0.878. The number of benzene rings is 3. The number of nitrogens with zero attached hydrogens (tertiary/aromatic N) is 1. The van der Waals surface area contributed by atoms with E-state index >= 15 is 0 Å². The summed E-state index contributed by atoms with van der Waals surface area (Å²) >= 11 is 1.50. The van der Waals surface area contributed by atoms with Crippen LogP contribution in [0.2, 0.25) is 0 Å². The van der Waals surface area contributed by atoms with Gasteiger partial charge in [-0.2, -0.15) is 0 Å². The minimum Gasteiger partial charge on any atom is -0.350 e. The second-order valence-electron chi connectivity index (χ2n) is 8.42. The maximum Gasteiger partial charge on any atom is 0.247 e. The van der Waals surface area contributed by atoms with Crippen LogP contribution in [0.3, 0.4) is 0 Å². The van der Waals surface area contributed by atoms with E-state index in [-0.39, 0.29) is 24.8 Å². The molecule has 0 radical (unpaired) electrons. The number of amides is 2. The minimum atomic E-state index is -0.909. The molecule has 2 amide bonds. The average molecular weight is 487 g/mol. The topological polar surface area (TPSA) is 49.4 Å². The molecule has 0 fully saturated rings. The van der Waals surface area contributed by atoms with E-state index in [4.69, 9.17) is 0 Å². The maximum absolute atomic E-state index is 13.7. The van der Waals surface area contributed by atoms with Crippen LogP contribution < -0.4 is 5.32 Å². The summed E-state index contributed by atoms with van der Waals surface area (Å²) in [4.78, 5) is 29.7. The van der Waals surface area contributed by atoms with Crippen molar-refractivity contribution >= 4 is 23.2 Å². The first-order chi connectivity index (χ1) is 17.0. The quantitative estimate of drug-likeness (QED) is 0.324. The van der Waals surface area contributed by atoms with Crippen molar-refractivity contribution < 1.29 is 14.0 Å². The zero-order chi connectivity index (χ0) is 24.6. The van der Waals surface area contributed by atoms with Crippen molar-refractivity contribution in [2.75, 3.05) is 0 Å². The van der Waals surface area contributed by atoms with Gasteiger partial charge in [-0.05, 0) is 47.2 Å². The summed E-state index contributed by atoms with van der Waals surface area (Å²) in [5, 5.41) is 4.90. The Morgan fingerprint density at radius 2 is 1.60 bits per heavy atom. The second-order valence-corrected chi connectivity index (χ2v) is 9.45. The van der Waals surface area contributed by atoms with Gasteiger partial charge < -0.3 is 10.2 Å². The third-order valence-electron chi connectivity index (χ3n) is 5.75. The lowest BCUT2D eigenvalue weighted by Gasteiger charge is -2.32. The highest BCUT2D eigenvalue weighted by atomic mass is 32.1. The van der Waals surface area contributed by atoms with Crippen molar-refractivity contribution in [1.82, 2.24) is 10.2 Å². The molecule has 0 aliphatic heterocycles. The van der Waals surface area contributed by atoms with E-state index < -0.39 is 11.9 Å². The van der Waals surface area contributed by atoms with Gasteiger partial charge in [0.05, 0.1) is 6.42 Å². The fourth-order valence-corrected chi connectivity index (χ4v) is 4.57. The predicted molar refractivity (Wildman–Crippen MR) is 137 cm³/mol. The summed E-state index contributed by atoms with van der Waals surface area (Å²) in [6.45, 7) is 2.59. The average Bonchev–Trinajstić information content (AvgIpc) is 3.38. The summed E-state index contributed by atoms with van der Waals surface area (Å²) in [5.41, 5.74) is 3.54. The first kappa shape index (κ1) is 24.4. The molecule has 3 aromatic carbocycles. The van der Waals surface area contributed by atoms with Crippen LogP contribution in [0.5, 0.6) is 0 Å². The number of carbonyl (C=O) groups is 2. The second kappa shape index (κ2) is 11.6. The van der Waals surface area contributed by atoms with Gasteiger partial charge >= 0.3 is 0 Å². The monoisotopic (exact) mass is 486 g/mol. The zero-order valence-electron chi connectivity index (χ0n) is 19.5. The van der Waals surface area contributed by atoms with Gasteiger partial charge in [-0.1, -0.05) is 78.4 Å². The zero-order valence-corrected chi connectivity index (χ0v) is 20.3. The number of hydrogen-bond donors (Lipinski definition) is 1. The molecule has 0 saturated carbocycles. The molecule has 0 saturated heterocycles. The molecular formula is C29H27FN2O2S. The highest BCUT2D eigenvalue weighted by Gasteiger charge is 2.31. The Hall–Kier alpha value is -3.77. The SMILES string of the molecule is Cc1ccc(CN(C(=O)Cc2cccs2)[C@H](C(=O)NCc2ccccc2)c2ccc(F)cc2)cc1. The molecule has 4 nitrogen and oxygen atoms in total. The maximum atomic E-state index is 13.7. The van der Waals surface area contributed by atoms with Gasteiger partial charge in [0.2, 0.25) is 11.8 Å². The molecule has 0 unspecified atom stereocenters. The lowest BCUT2D eigenvalue weighted by atomic mass is 10.0. The van der Waals surface area contributed by atoms with Crippen LogP contribution in [-0.4, -0.2) is 16.7 Å². The predicted octanol–water partition coefficient (Wildman–Crippen LogP) is 5.82. The van der Waals surface area contributed by atoms with E-state index in [2.05, 4.69) is 5.32 Å². The van der Waals surface area contributed by atoms with Crippen molar-refractivity contribution in [2.24, 2.45) is 0 Å². The van der Waals surface area contributed by atoms with Gasteiger partial charge in [-0.3, -0.25) is 9.59 Å². The third kappa shape index (κ3) is 6.64. The summed E-state index contributed by atoms with van der Waals surface area (Å²) in [7, 11) is 0. The van der Waals surface area contributed by atoms with Crippen LogP contribution in [0.25, 0.3) is 0 Å². The van der Waals surface area contributed by atoms with E-state index in [9.17, 15) is 14.0 Å². The molecule has 1 aromatic heterocycles. The van der Waals surface area contributed by atoms with Crippen LogP contribution in [0, 0.1) is 12.7 Å². The van der Waals surface area contributed by atoms with Crippen LogP contribution in [0.1, 0.15) is 33.2 Å². The first-order valence-electron chi connectivity index (χ1n) is 11.4. The Kier molecular flexibility index (Phi) is 8.06. The van der Waals surface area contributed by atoms with E-state index in [1.54, 1.807) is 17.0 Å². The molecule has 0 aliphatic carbocycles. The van der Waals surface area contributed by atoms with E-state index in [1.165, 1.54) is 23.5 Å². The van der Waals surface area contributed by atoms with Crippen molar-refractivity contribution in [2.45, 2.75) is 32.5 Å². The highest BCUT2D eigenvalue weighted by molar-refractivity contribution is 7.10. The Labute approximate surface area is 209 Å². The van der Waals surface area contributed by atoms with Gasteiger partial charge in [-0.25, -0.2) is 4.39 Å². The molecule has 1 heterocycles. The van der Waals surface area contributed by atoms with Gasteiger partial charge in [0.25, 0.3) is 0 Å². The number of rotatable bonds is 9. The van der Waals surface area contributed by atoms with Crippen LogP contribution in [-0.2, 0) is 29.1 Å².